The number of hydrogen-bond donors (Lipinski definition) is 0. The van der Waals surface area contributed by atoms with Crippen LogP contribution in [0.1, 0.15) is 56.6 Å². The van der Waals surface area contributed by atoms with Crippen LogP contribution in [0.15, 0.2) is 48.5 Å². The number of benzene rings is 3. The largest absolute Gasteiger partial charge is 0.494 e. The molecule has 0 atom stereocenters. The van der Waals surface area contributed by atoms with Crippen LogP contribution in [0, 0.1) is 23.3 Å². The van der Waals surface area contributed by atoms with Gasteiger partial charge in [-0.05, 0) is 80.8 Å². The van der Waals surface area contributed by atoms with Crippen molar-refractivity contribution >= 4 is 0 Å². The molecule has 0 bridgehead atoms. The summed E-state index contributed by atoms with van der Waals surface area (Å²) in [5.74, 6) is -3.25. The Hall–Kier alpha value is -3.06. The molecule has 0 heterocycles. The zero-order chi connectivity index (χ0) is 25.7. The number of ether oxygens (including phenoxy) is 3. The van der Waals surface area contributed by atoms with E-state index in [-0.39, 0.29) is 42.1 Å². The molecule has 1 aliphatic carbocycles. The minimum atomic E-state index is -1.02. The fraction of sp³-hybridized carbons (Fsp3) is 0.379. The first-order valence-corrected chi connectivity index (χ1v) is 12.3. The average Bonchev–Trinajstić information content (AvgIpc) is 2.89. The highest BCUT2D eigenvalue weighted by molar-refractivity contribution is 5.65. The average molecular weight is 503 g/mol. The van der Waals surface area contributed by atoms with Gasteiger partial charge < -0.3 is 14.2 Å². The molecule has 7 heteroatoms. The first-order chi connectivity index (χ1) is 17.4. The van der Waals surface area contributed by atoms with E-state index < -0.39 is 23.3 Å². The van der Waals surface area contributed by atoms with Gasteiger partial charge in [-0.15, -0.1) is 0 Å². The molecule has 0 aromatic heterocycles. The number of hydrogen-bond acceptors (Lipinski definition) is 3. The Morgan fingerprint density at radius 3 is 2.06 bits per heavy atom. The molecule has 1 fully saturated rings. The monoisotopic (exact) mass is 502 g/mol. The molecular weight excluding hydrogens is 472 g/mol. The van der Waals surface area contributed by atoms with Crippen molar-refractivity contribution in [3.05, 3.63) is 82.9 Å². The van der Waals surface area contributed by atoms with Crippen molar-refractivity contribution < 1.29 is 31.8 Å². The van der Waals surface area contributed by atoms with E-state index in [1.807, 2.05) is 6.92 Å². The first-order valence-electron chi connectivity index (χ1n) is 12.3. The smallest absolute Gasteiger partial charge is 0.200 e. The molecule has 0 radical (unpaired) electrons. The second kappa shape index (κ2) is 11.8. The molecule has 0 amide bonds. The summed E-state index contributed by atoms with van der Waals surface area (Å²) in [5.41, 5.74) is 1.27. The van der Waals surface area contributed by atoms with E-state index in [1.165, 1.54) is 12.1 Å². The van der Waals surface area contributed by atoms with E-state index in [0.717, 1.165) is 0 Å². The van der Waals surface area contributed by atoms with E-state index in [2.05, 4.69) is 0 Å². The number of halogens is 4. The van der Waals surface area contributed by atoms with Crippen LogP contribution in [0.5, 0.6) is 11.5 Å². The minimum absolute atomic E-state index is 0.0652. The van der Waals surface area contributed by atoms with Crippen LogP contribution in [-0.2, 0) is 11.3 Å². The van der Waals surface area contributed by atoms with Gasteiger partial charge in [0.1, 0.15) is 5.75 Å². The normalized spacial score (nSPS) is 17.7. The molecule has 1 saturated carbocycles. The third kappa shape index (κ3) is 5.67. The fourth-order valence-corrected chi connectivity index (χ4v) is 4.70. The lowest BCUT2D eigenvalue weighted by Gasteiger charge is -2.29. The minimum Gasteiger partial charge on any atom is -0.494 e. The Kier molecular flexibility index (Phi) is 8.52. The van der Waals surface area contributed by atoms with Gasteiger partial charge in [0.15, 0.2) is 23.2 Å². The maximum absolute atomic E-state index is 15.1. The molecule has 0 N–H and O–H groups in total. The number of rotatable bonds is 9. The van der Waals surface area contributed by atoms with Gasteiger partial charge in [-0.1, -0.05) is 24.3 Å². The predicted octanol–water partition coefficient (Wildman–Crippen LogP) is 7.95. The second-order valence-corrected chi connectivity index (χ2v) is 8.86. The van der Waals surface area contributed by atoms with E-state index in [4.69, 9.17) is 14.2 Å². The molecule has 36 heavy (non-hydrogen) atoms. The van der Waals surface area contributed by atoms with E-state index in [9.17, 15) is 13.2 Å². The van der Waals surface area contributed by atoms with Crippen LogP contribution in [-0.4, -0.2) is 19.3 Å². The van der Waals surface area contributed by atoms with Gasteiger partial charge in [0.05, 0.1) is 25.9 Å². The highest BCUT2D eigenvalue weighted by atomic mass is 19.2. The van der Waals surface area contributed by atoms with E-state index in [0.29, 0.717) is 49.2 Å². The molecule has 3 nitrogen and oxygen atoms in total. The van der Waals surface area contributed by atoms with E-state index >= 15 is 4.39 Å². The zero-order valence-corrected chi connectivity index (χ0v) is 20.5. The first kappa shape index (κ1) is 26.0. The Morgan fingerprint density at radius 1 is 0.694 bits per heavy atom. The summed E-state index contributed by atoms with van der Waals surface area (Å²) in [6.07, 6.45) is 2.31. The van der Waals surface area contributed by atoms with Gasteiger partial charge in [0.2, 0.25) is 5.82 Å². The fourth-order valence-electron chi connectivity index (χ4n) is 4.70. The van der Waals surface area contributed by atoms with Gasteiger partial charge in [0, 0.05) is 11.1 Å². The molecule has 0 spiro atoms. The van der Waals surface area contributed by atoms with Gasteiger partial charge in [-0.25, -0.2) is 13.2 Å². The molecular formula is C29H30F4O3. The highest BCUT2D eigenvalue weighted by Crippen LogP contribution is 2.38. The summed E-state index contributed by atoms with van der Waals surface area (Å²) in [7, 11) is 0. The molecule has 0 aliphatic heterocycles. The standard InChI is InChI=1S/C29H30F4O3/c1-3-34-21-10-5-18(6-11-21)23-14-15-24(28(32)27(23)31)19-7-12-22(13-8-19)36-17-20-9-16-25(35-4-2)29(33)26(20)30/h5-6,9-11,14-16,19,22H,3-4,7-8,12-13,17H2,1-2H3. The van der Waals surface area contributed by atoms with Crippen molar-refractivity contribution in [3.63, 3.8) is 0 Å². The Labute approximate surface area is 209 Å². The SMILES string of the molecule is CCOc1ccc(-c2ccc(C3CCC(OCc4ccc(OCC)c(F)c4F)CC3)c(F)c2F)cc1. The lowest BCUT2D eigenvalue weighted by atomic mass is 9.82. The summed E-state index contributed by atoms with van der Waals surface area (Å²) in [4.78, 5) is 0. The summed E-state index contributed by atoms with van der Waals surface area (Å²) in [6, 6.07) is 13.0. The molecule has 0 saturated heterocycles. The quantitative estimate of drug-likeness (QED) is 0.278. The van der Waals surface area contributed by atoms with Gasteiger partial charge in [-0.2, -0.15) is 4.39 Å². The maximum Gasteiger partial charge on any atom is 0.200 e. The van der Waals surface area contributed by atoms with Crippen LogP contribution in [0.25, 0.3) is 11.1 Å². The van der Waals surface area contributed by atoms with Crippen LogP contribution in [0.4, 0.5) is 17.6 Å². The predicted molar refractivity (Wildman–Crippen MR) is 130 cm³/mol. The van der Waals surface area contributed by atoms with Crippen molar-refractivity contribution in [1.82, 2.24) is 0 Å². The molecule has 3 aromatic rings. The topological polar surface area (TPSA) is 27.7 Å². The van der Waals surface area contributed by atoms with Crippen LogP contribution < -0.4 is 9.47 Å². The Bertz CT molecular complexity index is 1170. The molecule has 0 unspecified atom stereocenters. The van der Waals surface area contributed by atoms with Crippen molar-refractivity contribution in [2.24, 2.45) is 0 Å². The second-order valence-electron chi connectivity index (χ2n) is 8.86. The summed E-state index contributed by atoms with van der Waals surface area (Å²) >= 11 is 0. The lowest BCUT2D eigenvalue weighted by molar-refractivity contribution is 0.0116. The van der Waals surface area contributed by atoms with Crippen molar-refractivity contribution in [1.29, 1.82) is 0 Å². The molecule has 3 aromatic carbocycles. The zero-order valence-electron chi connectivity index (χ0n) is 20.5. The lowest BCUT2D eigenvalue weighted by Crippen LogP contribution is -2.21. The molecule has 4 rings (SSSR count). The van der Waals surface area contributed by atoms with Gasteiger partial charge >= 0.3 is 0 Å². The van der Waals surface area contributed by atoms with Crippen molar-refractivity contribution in [3.8, 4) is 22.6 Å². The molecule has 192 valence electrons. The third-order valence-electron chi connectivity index (χ3n) is 6.60. The van der Waals surface area contributed by atoms with E-state index in [1.54, 1.807) is 43.3 Å². The highest BCUT2D eigenvalue weighted by Gasteiger charge is 2.27. The van der Waals surface area contributed by atoms with Crippen LogP contribution in [0.2, 0.25) is 0 Å². The Morgan fingerprint density at radius 2 is 1.39 bits per heavy atom. The van der Waals surface area contributed by atoms with Crippen LogP contribution in [0.3, 0.4) is 0 Å². The summed E-state index contributed by atoms with van der Waals surface area (Å²) < 4.78 is 74.7. The van der Waals surface area contributed by atoms with Crippen molar-refractivity contribution in [2.45, 2.75) is 58.2 Å². The Balaban J connectivity index is 1.36. The summed E-state index contributed by atoms with van der Waals surface area (Å²) in [5, 5.41) is 0. The molecule has 1 aliphatic rings. The van der Waals surface area contributed by atoms with Crippen LogP contribution >= 0.6 is 0 Å². The van der Waals surface area contributed by atoms with Gasteiger partial charge in [-0.3, -0.25) is 0 Å². The maximum atomic E-state index is 15.1. The van der Waals surface area contributed by atoms with Crippen molar-refractivity contribution in [2.75, 3.05) is 13.2 Å². The third-order valence-corrected chi connectivity index (χ3v) is 6.60. The summed E-state index contributed by atoms with van der Waals surface area (Å²) in [6.45, 7) is 4.28. The van der Waals surface area contributed by atoms with Gasteiger partial charge in [0.25, 0.3) is 0 Å².